The van der Waals surface area contributed by atoms with Crippen LogP contribution in [0.3, 0.4) is 0 Å². The van der Waals surface area contributed by atoms with Gasteiger partial charge in [-0.25, -0.2) is 10.6 Å². The highest BCUT2D eigenvalue weighted by Crippen LogP contribution is 2.40. The quantitative estimate of drug-likeness (QED) is 0.439. The van der Waals surface area contributed by atoms with Crippen molar-refractivity contribution in [1.29, 1.82) is 0 Å². The summed E-state index contributed by atoms with van der Waals surface area (Å²) in [7, 11) is 0. The molecular formula is C16H24N4O2S. The minimum atomic E-state index is -0.356. The zero-order chi connectivity index (χ0) is 17.0. The number of amides is 3. The highest BCUT2D eigenvalue weighted by Gasteiger charge is 2.40. The number of carbonyl (C=O) groups excluding carboxylic acids is 2. The lowest BCUT2D eigenvalue weighted by molar-refractivity contribution is 0.0953. The van der Waals surface area contributed by atoms with E-state index in [1.54, 1.807) is 17.0 Å². The van der Waals surface area contributed by atoms with Crippen LogP contribution in [-0.2, 0) is 6.42 Å². The molecule has 0 aliphatic carbocycles. The molecule has 1 aromatic rings. The molecule has 23 heavy (non-hydrogen) atoms. The van der Waals surface area contributed by atoms with Crippen LogP contribution < -0.4 is 17.0 Å². The van der Waals surface area contributed by atoms with Crippen LogP contribution in [0.1, 0.15) is 29.8 Å². The highest BCUT2D eigenvalue weighted by atomic mass is 32.2. The Bertz CT molecular complexity index is 576. The molecular weight excluding hydrogens is 312 g/mol. The standard InChI is InChI=1S/C16H24N4O2S/c1-11(2)16(10-20(15(17)22)7-8-23-16)9-12-3-5-13(6-4-12)14(21)19-18/h3-6,11H,7-10,18H2,1-2H3,(H2,17,22)(H,19,21). The fraction of sp³-hybridized carbons (Fsp3) is 0.500. The van der Waals surface area contributed by atoms with Gasteiger partial charge in [0.05, 0.1) is 0 Å². The summed E-state index contributed by atoms with van der Waals surface area (Å²) in [6.45, 7) is 5.70. The van der Waals surface area contributed by atoms with Gasteiger partial charge in [-0.2, -0.15) is 11.8 Å². The van der Waals surface area contributed by atoms with Crippen LogP contribution in [0.25, 0.3) is 0 Å². The van der Waals surface area contributed by atoms with Crippen molar-refractivity contribution in [2.75, 3.05) is 18.8 Å². The first-order chi connectivity index (χ1) is 10.9. The molecule has 1 aliphatic heterocycles. The number of rotatable bonds is 4. The lowest BCUT2D eigenvalue weighted by atomic mass is 9.87. The minimum absolute atomic E-state index is 0.0646. The Morgan fingerprint density at radius 2 is 2.00 bits per heavy atom. The molecule has 1 heterocycles. The second-order valence-electron chi connectivity index (χ2n) is 6.17. The largest absolute Gasteiger partial charge is 0.351 e. The fourth-order valence-corrected chi connectivity index (χ4v) is 4.43. The first kappa shape index (κ1) is 17.6. The van der Waals surface area contributed by atoms with Gasteiger partial charge < -0.3 is 10.6 Å². The summed E-state index contributed by atoms with van der Waals surface area (Å²) >= 11 is 1.90. The van der Waals surface area contributed by atoms with Crippen LogP contribution in [0, 0.1) is 5.92 Å². The van der Waals surface area contributed by atoms with Crippen molar-refractivity contribution in [2.24, 2.45) is 17.5 Å². The van der Waals surface area contributed by atoms with E-state index in [0.717, 1.165) is 17.7 Å². The van der Waals surface area contributed by atoms with Crippen molar-refractivity contribution in [2.45, 2.75) is 25.0 Å². The van der Waals surface area contributed by atoms with E-state index in [0.29, 0.717) is 24.6 Å². The number of carbonyl (C=O) groups is 2. The number of benzene rings is 1. The van der Waals surface area contributed by atoms with Crippen molar-refractivity contribution in [3.8, 4) is 0 Å². The maximum Gasteiger partial charge on any atom is 0.314 e. The number of nitrogens with zero attached hydrogens (tertiary/aromatic N) is 1. The lowest BCUT2D eigenvalue weighted by Gasteiger charge is -2.44. The number of primary amides is 1. The van der Waals surface area contributed by atoms with E-state index in [-0.39, 0.29) is 16.7 Å². The summed E-state index contributed by atoms with van der Waals surface area (Å²) < 4.78 is -0.0646. The third-order valence-electron chi connectivity index (χ3n) is 4.42. The van der Waals surface area contributed by atoms with Crippen LogP contribution >= 0.6 is 11.8 Å². The number of urea groups is 1. The van der Waals surface area contributed by atoms with Gasteiger partial charge in [0.1, 0.15) is 0 Å². The molecule has 5 N–H and O–H groups in total. The minimum Gasteiger partial charge on any atom is -0.351 e. The second kappa shape index (κ2) is 7.23. The van der Waals surface area contributed by atoms with E-state index >= 15 is 0 Å². The van der Waals surface area contributed by atoms with E-state index in [4.69, 9.17) is 11.6 Å². The third-order valence-corrected chi connectivity index (χ3v) is 6.13. The lowest BCUT2D eigenvalue weighted by Crippen LogP contribution is -2.54. The Morgan fingerprint density at radius 3 is 2.52 bits per heavy atom. The summed E-state index contributed by atoms with van der Waals surface area (Å²) in [4.78, 5) is 24.8. The van der Waals surface area contributed by atoms with Gasteiger partial charge in [-0.1, -0.05) is 26.0 Å². The van der Waals surface area contributed by atoms with Crippen molar-refractivity contribution in [1.82, 2.24) is 10.3 Å². The molecule has 1 saturated heterocycles. The normalized spacial score (nSPS) is 21.3. The summed E-state index contributed by atoms with van der Waals surface area (Å²) in [6, 6.07) is 7.07. The Labute approximate surface area is 140 Å². The predicted molar refractivity (Wildman–Crippen MR) is 93.0 cm³/mol. The van der Waals surface area contributed by atoms with Gasteiger partial charge in [0.2, 0.25) is 0 Å². The van der Waals surface area contributed by atoms with Gasteiger partial charge in [0, 0.05) is 29.2 Å². The number of hydrazine groups is 1. The van der Waals surface area contributed by atoms with Gasteiger partial charge in [-0.05, 0) is 30.0 Å². The second-order valence-corrected chi connectivity index (χ2v) is 7.68. The average Bonchev–Trinajstić information content (AvgIpc) is 2.55. The maximum absolute atomic E-state index is 11.6. The van der Waals surface area contributed by atoms with Gasteiger partial charge in [0.25, 0.3) is 5.91 Å². The molecule has 1 unspecified atom stereocenters. The molecule has 0 spiro atoms. The molecule has 0 aromatic heterocycles. The zero-order valence-corrected chi connectivity index (χ0v) is 14.4. The SMILES string of the molecule is CC(C)C1(Cc2ccc(C(=O)NN)cc2)CN(C(N)=O)CCS1. The number of nitrogens with two attached hydrogens (primary N) is 2. The third kappa shape index (κ3) is 3.97. The summed E-state index contributed by atoms with van der Waals surface area (Å²) in [5.41, 5.74) is 9.26. The monoisotopic (exact) mass is 336 g/mol. The van der Waals surface area contributed by atoms with Crippen LogP contribution in [0.15, 0.2) is 24.3 Å². The van der Waals surface area contributed by atoms with Crippen molar-refractivity contribution in [3.63, 3.8) is 0 Å². The van der Waals surface area contributed by atoms with E-state index in [1.807, 2.05) is 23.9 Å². The van der Waals surface area contributed by atoms with Gasteiger partial charge in [0.15, 0.2) is 0 Å². The smallest absolute Gasteiger partial charge is 0.314 e. The topological polar surface area (TPSA) is 101 Å². The molecule has 1 aliphatic rings. The molecule has 1 aromatic carbocycles. The molecule has 0 radical (unpaired) electrons. The van der Waals surface area contributed by atoms with Gasteiger partial charge in [-0.3, -0.25) is 10.2 Å². The van der Waals surface area contributed by atoms with Crippen LogP contribution in [0.5, 0.6) is 0 Å². The number of nitrogen functional groups attached to an aromatic ring is 1. The Morgan fingerprint density at radius 1 is 1.35 bits per heavy atom. The number of hydrogen-bond donors (Lipinski definition) is 3. The van der Waals surface area contributed by atoms with Crippen molar-refractivity contribution >= 4 is 23.7 Å². The fourth-order valence-electron chi connectivity index (χ4n) is 2.86. The average molecular weight is 336 g/mol. The number of thioether (sulfide) groups is 1. The first-order valence-electron chi connectivity index (χ1n) is 7.66. The highest BCUT2D eigenvalue weighted by molar-refractivity contribution is 8.00. The number of nitrogens with one attached hydrogen (secondary N) is 1. The molecule has 7 heteroatoms. The van der Waals surface area contributed by atoms with Crippen molar-refractivity contribution < 1.29 is 9.59 Å². The Kier molecular flexibility index (Phi) is 5.54. The van der Waals surface area contributed by atoms with Crippen LogP contribution in [0.4, 0.5) is 4.79 Å². The molecule has 126 valence electrons. The predicted octanol–water partition coefficient (Wildman–Crippen LogP) is 1.35. The molecule has 3 amide bonds. The first-order valence-corrected chi connectivity index (χ1v) is 8.65. The molecule has 6 nitrogen and oxygen atoms in total. The zero-order valence-electron chi connectivity index (χ0n) is 13.5. The van der Waals surface area contributed by atoms with Gasteiger partial charge >= 0.3 is 6.03 Å². The van der Waals surface area contributed by atoms with Gasteiger partial charge in [-0.15, -0.1) is 0 Å². The van der Waals surface area contributed by atoms with Crippen LogP contribution in [-0.4, -0.2) is 40.4 Å². The van der Waals surface area contributed by atoms with E-state index < -0.39 is 0 Å². The summed E-state index contributed by atoms with van der Waals surface area (Å²) in [5, 5.41) is 0. The molecule has 0 bridgehead atoms. The maximum atomic E-state index is 11.6. The summed E-state index contributed by atoms with van der Waals surface area (Å²) in [5.74, 6) is 6.11. The Balaban J connectivity index is 2.19. The van der Waals surface area contributed by atoms with E-state index in [9.17, 15) is 9.59 Å². The summed E-state index contributed by atoms with van der Waals surface area (Å²) in [6.07, 6.45) is 0.823. The van der Waals surface area contributed by atoms with Crippen molar-refractivity contribution in [3.05, 3.63) is 35.4 Å². The molecule has 2 rings (SSSR count). The van der Waals surface area contributed by atoms with E-state index in [2.05, 4.69) is 19.3 Å². The molecule has 1 fully saturated rings. The Hall–Kier alpha value is -1.73. The van der Waals surface area contributed by atoms with Crippen LogP contribution in [0.2, 0.25) is 0 Å². The van der Waals surface area contributed by atoms with E-state index in [1.165, 1.54) is 0 Å². The molecule has 0 saturated carbocycles. The number of hydrogen-bond acceptors (Lipinski definition) is 4. The molecule has 1 atom stereocenters.